The largest absolute Gasteiger partial charge is 0.338 e. The fourth-order valence-corrected chi connectivity index (χ4v) is 1.32. The van der Waals surface area contributed by atoms with Gasteiger partial charge in [0.05, 0.1) is 4.43 Å². The summed E-state index contributed by atoms with van der Waals surface area (Å²) in [5, 5.41) is 3.87. The summed E-state index contributed by atoms with van der Waals surface area (Å²) in [6, 6.07) is 9.79. The molecule has 0 atom stereocenters. The Morgan fingerprint density at radius 1 is 1.23 bits per heavy atom. The third kappa shape index (κ3) is 1.88. The maximum Gasteiger partial charge on any atom is 0.236 e. The first-order valence-electron chi connectivity index (χ1n) is 3.84. The van der Waals surface area contributed by atoms with E-state index in [-0.39, 0.29) is 0 Å². The Bertz CT molecular complexity index is 386. The molecule has 0 saturated carbocycles. The highest BCUT2D eigenvalue weighted by Gasteiger charge is 2.05. The van der Waals surface area contributed by atoms with Crippen molar-refractivity contribution in [1.82, 2.24) is 10.1 Å². The van der Waals surface area contributed by atoms with Gasteiger partial charge in [-0.25, -0.2) is 0 Å². The van der Waals surface area contributed by atoms with Crippen LogP contribution in [0.5, 0.6) is 0 Å². The Balaban J connectivity index is 2.36. The van der Waals surface area contributed by atoms with E-state index < -0.39 is 0 Å². The summed E-state index contributed by atoms with van der Waals surface area (Å²) in [6.45, 7) is 0. The molecule has 0 saturated heterocycles. The number of benzene rings is 1. The Hall–Kier alpha value is -0.910. The number of aromatic nitrogens is 2. The predicted octanol–water partition coefficient (Wildman–Crippen LogP) is 2.67. The fourth-order valence-electron chi connectivity index (χ4n) is 1.01. The lowest BCUT2D eigenvalue weighted by Gasteiger charge is -1.89. The summed E-state index contributed by atoms with van der Waals surface area (Å²) in [6.07, 6.45) is 0. The highest BCUT2D eigenvalue weighted by atomic mass is 127. The SMILES string of the molecule is ICc1nc(-c2ccccc2)no1. The average Bonchev–Trinajstić information content (AvgIpc) is 2.67. The van der Waals surface area contributed by atoms with E-state index in [1.807, 2.05) is 30.3 Å². The normalized spacial score (nSPS) is 10.2. The van der Waals surface area contributed by atoms with Crippen LogP contribution in [0.1, 0.15) is 5.89 Å². The standard InChI is InChI=1S/C9H7IN2O/c10-6-8-11-9(12-13-8)7-4-2-1-3-5-7/h1-5H,6H2. The second kappa shape index (κ2) is 3.87. The molecule has 0 N–H and O–H groups in total. The van der Waals surface area contributed by atoms with E-state index in [0.29, 0.717) is 11.7 Å². The number of rotatable bonds is 2. The van der Waals surface area contributed by atoms with Gasteiger partial charge in [-0.15, -0.1) is 0 Å². The molecule has 0 aliphatic heterocycles. The first-order valence-corrected chi connectivity index (χ1v) is 5.36. The predicted molar refractivity (Wildman–Crippen MR) is 57.5 cm³/mol. The van der Waals surface area contributed by atoms with Gasteiger partial charge >= 0.3 is 0 Å². The number of hydrogen-bond acceptors (Lipinski definition) is 3. The van der Waals surface area contributed by atoms with Crippen molar-refractivity contribution < 1.29 is 4.52 Å². The lowest BCUT2D eigenvalue weighted by Crippen LogP contribution is -1.79. The minimum Gasteiger partial charge on any atom is -0.338 e. The molecular formula is C9H7IN2O. The summed E-state index contributed by atoms with van der Waals surface area (Å²) in [7, 11) is 0. The Kier molecular flexibility index (Phi) is 2.58. The molecule has 0 unspecified atom stereocenters. The third-order valence-corrected chi connectivity index (χ3v) is 2.27. The number of hydrogen-bond donors (Lipinski definition) is 0. The molecule has 3 nitrogen and oxygen atoms in total. The molecule has 4 heteroatoms. The molecule has 66 valence electrons. The van der Waals surface area contributed by atoms with E-state index in [4.69, 9.17) is 4.52 Å². The zero-order valence-electron chi connectivity index (χ0n) is 6.77. The van der Waals surface area contributed by atoms with Crippen LogP contribution in [0.3, 0.4) is 0 Å². The van der Waals surface area contributed by atoms with Crippen LogP contribution in [0, 0.1) is 0 Å². The summed E-state index contributed by atoms with van der Waals surface area (Å²) in [5.41, 5.74) is 0.988. The summed E-state index contributed by atoms with van der Waals surface area (Å²) < 4.78 is 5.75. The molecule has 0 aliphatic rings. The Labute approximate surface area is 89.3 Å². The highest BCUT2D eigenvalue weighted by Crippen LogP contribution is 2.15. The van der Waals surface area contributed by atoms with Crippen LogP contribution in [0.15, 0.2) is 34.9 Å². The number of alkyl halides is 1. The summed E-state index contributed by atoms with van der Waals surface area (Å²) in [4.78, 5) is 4.21. The van der Waals surface area contributed by atoms with E-state index in [2.05, 4.69) is 32.7 Å². The van der Waals surface area contributed by atoms with Gasteiger partial charge in [-0.2, -0.15) is 4.98 Å². The molecule has 0 radical (unpaired) electrons. The molecule has 13 heavy (non-hydrogen) atoms. The van der Waals surface area contributed by atoms with Crippen LogP contribution in [-0.4, -0.2) is 10.1 Å². The smallest absolute Gasteiger partial charge is 0.236 e. The van der Waals surface area contributed by atoms with Crippen LogP contribution in [0.2, 0.25) is 0 Å². The van der Waals surface area contributed by atoms with E-state index >= 15 is 0 Å². The van der Waals surface area contributed by atoms with Crippen LogP contribution < -0.4 is 0 Å². The monoisotopic (exact) mass is 286 g/mol. The van der Waals surface area contributed by atoms with Crippen LogP contribution in [0.25, 0.3) is 11.4 Å². The second-order valence-corrected chi connectivity index (χ2v) is 3.27. The molecular weight excluding hydrogens is 279 g/mol. The maximum absolute atomic E-state index is 5.00. The van der Waals surface area contributed by atoms with Crippen molar-refractivity contribution in [2.24, 2.45) is 0 Å². The van der Waals surface area contributed by atoms with Gasteiger partial charge in [-0.1, -0.05) is 58.1 Å². The molecule has 0 fully saturated rings. The molecule has 0 aliphatic carbocycles. The minimum atomic E-state index is 0.660. The van der Waals surface area contributed by atoms with E-state index in [1.165, 1.54) is 0 Å². The summed E-state index contributed by atoms with van der Waals surface area (Å²) in [5.74, 6) is 1.33. The third-order valence-electron chi connectivity index (χ3n) is 1.61. The number of nitrogens with zero attached hydrogens (tertiary/aromatic N) is 2. The van der Waals surface area contributed by atoms with Crippen molar-refractivity contribution in [3.05, 3.63) is 36.2 Å². The van der Waals surface area contributed by atoms with Crippen molar-refractivity contribution in [2.75, 3.05) is 0 Å². The number of halogens is 1. The highest BCUT2D eigenvalue weighted by molar-refractivity contribution is 14.1. The molecule has 0 bridgehead atoms. The van der Waals surface area contributed by atoms with Crippen molar-refractivity contribution in [1.29, 1.82) is 0 Å². The van der Waals surface area contributed by atoms with Crippen LogP contribution >= 0.6 is 22.6 Å². The van der Waals surface area contributed by atoms with E-state index in [0.717, 1.165) is 9.99 Å². The van der Waals surface area contributed by atoms with Gasteiger partial charge in [-0.05, 0) is 0 Å². The molecule has 2 aromatic rings. The van der Waals surface area contributed by atoms with Crippen molar-refractivity contribution in [3.8, 4) is 11.4 Å². The molecule has 0 spiro atoms. The first kappa shape index (κ1) is 8.68. The molecule has 1 aromatic heterocycles. The van der Waals surface area contributed by atoms with Crippen molar-refractivity contribution >= 4 is 22.6 Å². The topological polar surface area (TPSA) is 38.9 Å². The van der Waals surface area contributed by atoms with Gasteiger partial charge in [0.1, 0.15) is 0 Å². The lowest BCUT2D eigenvalue weighted by molar-refractivity contribution is 0.393. The van der Waals surface area contributed by atoms with Gasteiger partial charge < -0.3 is 4.52 Å². The van der Waals surface area contributed by atoms with Gasteiger partial charge in [0.25, 0.3) is 0 Å². The minimum absolute atomic E-state index is 0.660. The molecule has 1 heterocycles. The average molecular weight is 286 g/mol. The summed E-state index contributed by atoms with van der Waals surface area (Å²) >= 11 is 2.19. The van der Waals surface area contributed by atoms with Crippen molar-refractivity contribution in [3.63, 3.8) is 0 Å². The van der Waals surface area contributed by atoms with Gasteiger partial charge in [0.15, 0.2) is 0 Å². The molecule has 2 rings (SSSR count). The van der Waals surface area contributed by atoms with Gasteiger partial charge in [-0.3, -0.25) is 0 Å². The quantitative estimate of drug-likeness (QED) is 0.629. The fraction of sp³-hybridized carbons (Fsp3) is 0.111. The van der Waals surface area contributed by atoms with E-state index in [9.17, 15) is 0 Å². The van der Waals surface area contributed by atoms with Crippen LogP contribution in [-0.2, 0) is 4.43 Å². The second-order valence-electron chi connectivity index (χ2n) is 2.51. The van der Waals surface area contributed by atoms with Crippen molar-refractivity contribution in [2.45, 2.75) is 4.43 Å². The molecule has 1 aromatic carbocycles. The Morgan fingerprint density at radius 3 is 2.62 bits per heavy atom. The van der Waals surface area contributed by atoms with Gasteiger partial charge in [0.2, 0.25) is 11.7 Å². The van der Waals surface area contributed by atoms with Crippen LogP contribution in [0.4, 0.5) is 0 Å². The molecule has 0 amide bonds. The van der Waals surface area contributed by atoms with Gasteiger partial charge in [0, 0.05) is 5.56 Å². The Morgan fingerprint density at radius 2 is 2.00 bits per heavy atom. The van der Waals surface area contributed by atoms with E-state index in [1.54, 1.807) is 0 Å². The zero-order chi connectivity index (χ0) is 9.10. The maximum atomic E-state index is 5.00. The zero-order valence-corrected chi connectivity index (χ0v) is 8.93. The lowest BCUT2D eigenvalue weighted by atomic mass is 10.2. The first-order chi connectivity index (χ1) is 6.40.